The maximum absolute atomic E-state index is 11.4. The van der Waals surface area contributed by atoms with Gasteiger partial charge in [-0.1, -0.05) is 195 Å². The van der Waals surface area contributed by atoms with Crippen molar-refractivity contribution in [1.82, 2.24) is 9.13 Å². The summed E-state index contributed by atoms with van der Waals surface area (Å²) < 4.78 is 11.1. The first kappa shape index (κ1) is 48.9. The van der Waals surface area contributed by atoms with Gasteiger partial charge in [-0.2, -0.15) is 0 Å². The summed E-state index contributed by atoms with van der Waals surface area (Å²) in [5.41, 5.74) is 25.4. The second-order valence-electron chi connectivity index (χ2n) is 22.0. The molecule has 16 rings (SSSR count). The van der Waals surface area contributed by atoms with E-state index in [0.29, 0.717) is 0 Å². The zero-order valence-electron chi connectivity index (χ0n) is 46.2. The lowest BCUT2D eigenvalue weighted by Gasteiger charge is -2.14. The summed E-state index contributed by atoms with van der Waals surface area (Å²) in [6.07, 6.45) is 0.869. The molecule has 13 aromatic carbocycles. The van der Waals surface area contributed by atoms with Gasteiger partial charge in [0.05, 0.1) is 22.1 Å². The van der Waals surface area contributed by atoms with Crippen molar-refractivity contribution in [2.45, 2.75) is 13.3 Å². The highest BCUT2D eigenvalue weighted by molar-refractivity contribution is 6.14. The summed E-state index contributed by atoms with van der Waals surface area (Å²) in [7, 11) is 0. The number of furan rings is 1. The Morgan fingerprint density at radius 2 is 0.690 bits per heavy atom. The number of hydrogen-bond acceptors (Lipinski definition) is 2. The Kier molecular flexibility index (Phi) is 11.6. The fourth-order valence-electron chi connectivity index (χ4n) is 13.1. The second kappa shape index (κ2) is 19.9. The number of aryl methyl sites for hydroxylation is 1. The molecule has 4 heteroatoms. The molecular weight excluding hydrogens is 1020 g/mol. The molecule has 0 aliphatic rings. The molecule has 84 heavy (non-hydrogen) atoms. The van der Waals surface area contributed by atoms with Gasteiger partial charge in [-0.3, -0.25) is 0 Å². The minimum atomic E-state index is 0.273. The highest BCUT2D eigenvalue weighted by Crippen LogP contribution is 2.44. The number of phenols is 1. The quantitative estimate of drug-likeness (QED) is 0.148. The fourth-order valence-corrected chi connectivity index (χ4v) is 13.1. The molecule has 0 saturated heterocycles. The summed E-state index contributed by atoms with van der Waals surface area (Å²) in [5, 5.41) is 18.3. The van der Waals surface area contributed by atoms with E-state index in [1.165, 1.54) is 49.5 Å². The standard InChI is InChI=1S/C80H54N2O2/c1-2-51-17-9-10-26-64(51)72-49-62(35-41-78(72)83)81-74-37-31-58(52-18-5-3-6-19-52)45-68(74)69-46-59(32-38-75(69)81)56-24-15-22-54(43-56)55-23-16-25-57(44-55)60-33-39-76-70(47-60)71-48-61(66-28-12-11-27-65(66)53-20-7-4-8-21-53)34-40-77(71)82(76)63-36-42-80-73(50-63)67-29-13-14-30-79(67)84-80/h3-50,83H,2H2,1H3. The van der Waals surface area contributed by atoms with E-state index < -0.39 is 0 Å². The molecule has 0 bridgehead atoms. The van der Waals surface area contributed by atoms with Crippen LogP contribution >= 0.6 is 0 Å². The van der Waals surface area contributed by atoms with Crippen LogP contribution < -0.4 is 0 Å². The number of aromatic nitrogens is 2. The van der Waals surface area contributed by atoms with E-state index in [2.05, 4.69) is 283 Å². The van der Waals surface area contributed by atoms with Crippen LogP contribution in [0, 0.1) is 0 Å². The van der Waals surface area contributed by atoms with Gasteiger partial charge in [0.25, 0.3) is 0 Å². The van der Waals surface area contributed by atoms with Crippen molar-refractivity contribution in [3.05, 3.63) is 297 Å². The average molecular weight is 1080 g/mol. The predicted molar refractivity (Wildman–Crippen MR) is 351 cm³/mol. The average Bonchev–Trinajstić information content (AvgIpc) is 3.27. The molecule has 0 unspecified atom stereocenters. The molecule has 1 N–H and O–H groups in total. The van der Waals surface area contributed by atoms with Gasteiger partial charge in [0.2, 0.25) is 0 Å². The molecule has 396 valence electrons. The van der Waals surface area contributed by atoms with E-state index in [1.54, 1.807) is 0 Å². The Labute approximate surface area is 486 Å². The Hall–Kier alpha value is -10.9. The SMILES string of the molecule is CCc1ccccc1-c1cc(-n2c3ccc(-c4ccccc4)cc3c3cc(-c4cccc(-c5cccc(-c6ccc7c(c6)c6cc(-c8ccccc8-c8ccccc8)ccc6n7-c6ccc7oc8ccccc8c7c6)c5)c4)ccc32)ccc1O. The molecule has 0 fully saturated rings. The molecule has 16 aromatic rings. The van der Waals surface area contributed by atoms with Crippen LogP contribution in [0.1, 0.15) is 12.5 Å². The van der Waals surface area contributed by atoms with Crippen molar-refractivity contribution in [1.29, 1.82) is 0 Å². The van der Waals surface area contributed by atoms with Crippen LogP contribution in [-0.4, -0.2) is 14.2 Å². The number of para-hydroxylation sites is 1. The third kappa shape index (κ3) is 8.21. The summed E-state index contributed by atoms with van der Waals surface area (Å²) in [6, 6.07) is 105. The largest absolute Gasteiger partial charge is 0.507 e. The molecule has 0 spiro atoms. The topological polar surface area (TPSA) is 43.2 Å². The van der Waals surface area contributed by atoms with Gasteiger partial charge in [0, 0.05) is 49.3 Å². The van der Waals surface area contributed by atoms with E-state index >= 15 is 0 Å². The minimum absolute atomic E-state index is 0.273. The van der Waals surface area contributed by atoms with Crippen LogP contribution in [0.4, 0.5) is 0 Å². The molecule has 4 nitrogen and oxygen atoms in total. The Bertz CT molecular complexity index is 5250. The zero-order chi connectivity index (χ0) is 55.8. The number of nitrogens with zero attached hydrogens (tertiary/aromatic N) is 2. The number of hydrogen-bond donors (Lipinski definition) is 1. The maximum Gasteiger partial charge on any atom is 0.135 e. The van der Waals surface area contributed by atoms with Gasteiger partial charge in [0.15, 0.2) is 0 Å². The molecule has 3 heterocycles. The Morgan fingerprint density at radius 3 is 1.27 bits per heavy atom. The molecule has 0 saturated carbocycles. The van der Waals surface area contributed by atoms with Crippen LogP contribution in [0.3, 0.4) is 0 Å². The lowest BCUT2D eigenvalue weighted by atomic mass is 9.93. The van der Waals surface area contributed by atoms with E-state index in [1.807, 2.05) is 24.3 Å². The number of fused-ring (bicyclic) bond motifs is 9. The molecule has 0 amide bonds. The summed E-state index contributed by atoms with van der Waals surface area (Å²) in [4.78, 5) is 0. The summed E-state index contributed by atoms with van der Waals surface area (Å²) >= 11 is 0. The smallest absolute Gasteiger partial charge is 0.135 e. The molecule has 0 aliphatic heterocycles. The van der Waals surface area contributed by atoms with Crippen molar-refractivity contribution >= 4 is 65.6 Å². The van der Waals surface area contributed by atoms with Crippen molar-refractivity contribution in [3.8, 4) is 95.0 Å². The predicted octanol–water partition coefficient (Wildman–Crippen LogP) is 21.7. The minimum Gasteiger partial charge on any atom is -0.507 e. The fraction of sp³-hybridized carbons (Fsp3) is 0.0250. The number of phenolic OH excluding ortho intramolecular Hbond substituents is 1. The van der Waals surface area contributed by atoms with Crippen LogP contribution in [-0.2, 0) is 6.42 Å². The third-order valence-electron chi connectivity index (χ3n) is 17.2. The second-order valence-corrected chi connectivity index (χ2v) is 22.0. The van der Waals surface area contributed by atoms with Gasteiger partial charge in [0.1, 0.15) is 16.9 Å². The van der Waals surface area contributed by atoms with E-state index in [9.17, 15) is 5.11 Å². The van der Waals surface area contributed by atoms with Crippen LogP contribution in [0.2, 0.25) is 0 Å². The summed E-state index contributed by atoms with van der Waals surface area (Å²) in [5.74, 6) is 0.273. The zero-order valence-corrected chi connectivity index (χ0v) is 46.2. The monoisotopic (exact) mass is 1070 g/mol. The van der Waals surface area contributed by atoms with Crippen LogP contribution in [0.5, 0.6) is 5.75 Å². The highest BCUT2D eigenvalue weighted by atomic mass is 16.3. The first-order valence-electron chi connectivity index (χ1n) is 28.9. The van der Waals surface area contributed by atoms with Crippen LogP contribution in [0.25, 0.3) is 155 Å². The lowest BCUT2D eigenvalue weighted by molar-refractivity contribution is 0.477. The van der Waals surface area contributed by atoms with Gasteiger partial charge < -0.3 is 18.7 Å². The third-order valence-corrected chi connectivity index (χ3v) is 17.2. The highest BCUT2D eigenvalue weighted by Gasteiger charge is 2.21. The van der Waals surface area contributed by atoms with Crippen molar-refractivity contribution in [2.24, 2.45) is 0 Å². The normalized spacial score (nSPS) is 11.7. The van der Waals surface area contributed by atoms with Gasteiger partial charge in [-0.05, 0) is 187 Å². The molecular formula is C80H54N2O2. The van der Waals surface area contributed by atoms with E-state index in [4.69, 9.17) is 4.42 Å². The van der Waals surface area contributed by atoms with E-state index in [-0.39, 0.29) is 5.75 Å². The van der Waals surface area contributed by atoms with Crippen molar-refractivity contribution in [3.63, 3.8) is 0 Å². The lowest BCUT2D eigenvalue weighted by Crippen LogP contribution is -1.96. The van der Waals surface area contributed by atoms with Gasteiger partial charge >= 0.3 is 0 Å². The van der Waals surface area contributed by atoms with Gasteiger partial charge in [-0.25, -0.2) is 0 Å². The molecule has 0 radical (unpaired) electrons. The van der Waals surface area contributed by atoms with E-state index in [0.717, 1.165) is 117 Å². The van der Waals surface area contributed by atoms with Crippen LogP contribution in [0.15, 0.2) is 296 Å². The Morgan fingerprint density at radius 1 is 0.274 bits per heavy atom. The Balaban J connectivity index is 0.805. The molecule has 0 aliphatic carbocycles. The number of rotatable bonds is 10. The van der Waals surface area contributed by atoms with Gasteiger partial charge in [-0.15, -0.1) is 0 Å². The van der Waals surface area contributed by atoms with Crippen molar-refractivity contribution in [2.75, 3.05) is 0 Å². The number of aromatic hydroxyl groups is 1. The van der Waals surface area contributed by atoms with Crippen molar-refractivity contribution < 1.29 is 9.52 Å². The maximum atomic E-state index is 11.4. The molecule has 3 aromatic heterocycles. The first-order chi connectivity index (χ1) is 41.5. The number of benzene rings is 13. The molecule has 0 atom stereocenters. The first-order valence-corrected chi connectivity index (χ1v) is 28.9. The summed E-state index contributed by atoms with van der Waals surface area (Å²) in [6.45, 7) is 2.16.